The van der Waals surface area contributed by atoms with Gasteiger partial charge in [0.05, 0.1) is 0 Å². The Hall–Kier alpha value is -2.27. The van der Waals surface area contributed by atoms with Crippen molar-refractivity contribution in [3.05, 3.63) is 59.7 Å². The number of aryl methyl sites for hydroxylation is 1. The number of carbonyl (C=O) groups is 1. The van der Waals surface area contributed by atoms with E-state index >= 15 is 0 Å². The Kier molecular flexibility index (Phi) is 5.40. The molecular weight excluding hydrogens is 264 g/mol. The molecule has 0 unspecified atom stereocenters. The van der Waals surface area contributed by atoms with Crippen molar-refractivity contribution in [3.63, 3.8) is 0 Å². The quantitative estimate of drug-likeness (QED) is 0.877. The molecule has 0 radical (unpaired) electrons. The molecule has 0 aliphatic rings. The molecule has 2 N–H and O–H groups in total. The average molecular weight is 284 g/mol. The van der Waals surface area contributed by atoms with E-state index in [2.05, 4.69) is 9.97 Å². The SMILES string of the molecule is Cc1cc(C(=O)N(CCCN)Cc2cccnc2)ccn1. The Labute approximate surface area is 124 Å². The third kappa shape index (κ3) is 4.36. The van der Waals surface area contributed by atoms with Crippen molar-refractivity contribution >= 4 is 5.91 Å². The lowest BCUT2D eigenvalue weighted by molar-refractivity contribution is 0.0742. The maximum Gasteiger partial charge on any atom is 0.254 e. The fourth-order valence-corrected chi connectivity index (χ4v) is 2.11. The van der Waals surface area contributed by atoms with Crippen molar-refractivity contribution < 1.29 is 4.79 Å². The largest absolute Gasteiger partial charge is 0.334 e. The van der Waals surface area contributed by atoms with Gasteiger partial charge in [0.2, 0.25) is 0 Å². The number of rotatable bonds is 6. The van der Waals surface area contributed by atoms with Crippen LogP contribution in [0.4, 0.5) is 0 Å². The van der Waals surface area contributed by atoms with Gasteiger partial charge in [-0.25, -0.2) is 0 Å². The van der Waals surface area contributed by atoms with E-state index in [9.17, 15) is 4.79 Å². The molecule has 2 heterocycles. The highest BCUT2D eigenvalue weighted by atomic mass is 16.2. The molecule has 2 aromatic rings. The second-order valence-corrected chi connectivity index (χ2v) is 4.92. The minimum Gasteiger partial charge on any atom is -0.334 e. The van der Waals surface area contributed by atoms with Crippen LogP contribution in [0.25, 0.3) is 0 Å². The zero-order chi connectivity index (χ0) is 15.1. The molecule has 0 fully saturated rings. The van der Waals surface area contributed by atoms with E-state index < -0.39 is 0 Å². The zero-order valence-electron chi connectivity index (χ0n) is 12.2. The summed E-state index contributed by atoms with van der Waals surface area (Å²) in [6, 6.07) is 7.39. The Bertz CT molecular complexity index is 586. The first-order valence-electron chi connectivity index (χ1n) is 7.01. The van der Waals surface area contributed by atoms with E-state index in [4.69, 9.17) is 5.73 Å². The second kappa shape index (κ2) is 7.50. The van der Waals surface area contributed by atoms with Crippen LogP contribution in [-0.2, 0) is 6.54 Å². The van der Waals surface area contributed by atoms with Gasteiger partial charge in [0.15, 0.2) is 0 Å². The van der Waals surface area contributed by atoms with Gasteiger partial charge < -0.3 is 10.6 Å². The van der Waals surface area contributed by atoms with Gasteiger partial charge in [0, 0.05) is 42.9 Å². The van der Waals surface area contributed by atoms with Crippen LogP contribution in [0.15, 0.2) is 42.9 Å². The molecule has 0 atom stereocenters. The summed E-state index contributed by atoms with van der Waals surface area (Å²) in [6.07, 6.45) is 5.94. The fraction of sp³-hybridized carbons (Fsp3) is 0.312. The highest BCUT2D eigenvalue weighted by Crippen LogP contribution is 2.10. The van der Waals surface area contributed by atoms with Gasteiger partial charge in [0.1, 0.15) is 0 Å². The number of pyridine rings is 2. The number of aromatic nitrogens is 2. The predicted molar refractivity (Wildman–Crippen MR) is 81.6 cm³/mol. The monoisotopic (exact) mass is 284 g/mol. The molecule has 0 saturated carbocycles. The first-order valence-corrected chi connectivity index (χ1v) is 7.01. The fourth-order valence-electron chi connectivity index (χ4n) is 2.11. The molecule has 5 nitrogen and oxygen atoms in total. The van der Waals surface area contributed by atoms with Crippen LogP contribution in [0.2, 0.25) is 0 Å². The normalized spacial score (nSPS) is 10.4. The predicted octanol–water partition coefficient (Wildman–Crippen LogP) is 1.78. The van der Waals surface area contributed by atoms with Crippen LogP contribution in [0.1, 0.15) is 28.0 Å². The average Bonchev–Trinajstić information content (AvgIpc) is 2.51. The molecular formula is C16H20N4O. The highest BCUT2D eigenvalue weighted by molar-refractivity contribution is 5.94. The van der Waals surface area contributed by atoms with Gasteiger partial charge in [-0.05, 0) is 43.7 Å². The van der Waals surface area contributed by atoms with Gasteiger partial charge in [-0.1, -0.05) is 6.07 Å². The smallest absolute Gasteiger partial charge is 0.254 e. The first-order chi connectivity index (χ1) is 10.2. The van der Waals surface area contributed by atoms with E-state index in [1.165, 1.54) is 0 Å². The lowest BCUT2D eigenvalue weighted by atomic mass is 10.1. The second-order valence-electron chi connectivity index (χ2n) is 4.92. The highest BCUT2D eigenvalue weighted by Gasteiger charge is 2.16. The van der Waals surface area contributed by atoms with Gasteiger partial charge >= 0.3 is 0 Å². The van der Waals surface area contributed by atoms with Gasteiger partial charge in [0.25, 0.3) is 5.91 Å². The van der Waals surface area contributed by atoms with Crippen LogP contribution in [0.3, 0.4) is 0 Å². The minimum atomic E-state index is -0.00203. The van der Waals surface area contributed by atoms with Crippen molar-refractivity contribution in [1.29, 1.82) is 0 Å². The molecule has 0 spiro atoms. The Balaban J connectivity index is 2.17. The van der Waals surface area contributed by atoms with Crippen molar-refractivity contribution in [2.75, 3.05) is 13.1 Å². The number of nitrogens with zero attached hydrogens (tertiary/aromatic N) is 3. The molecule has 0 bridgehead atoms. The maximum atomic E-state index is 12.6. The van der Waals surface area contributed by atoms with Gasteiger partial charge in [-0.2, -0.15) is 0 Å². The summed E-state index contributed by atoms with van der Waals surface area (Å²) < 4.78 is 0. The molecule has 0 saturated heterocycles. The summed E-state index contributed by atoms with van der Waals surface area (Å²) in [4.78, 5) is 22.7. The number of carbonyl (C=O) groups excluding carboxylic acids is 1. The van der Waals surface area contributed by atoms with E-state index in [1.54, 1.807) is 35.6 Å². The standard InChI is InChI=1S/C16H20N4O/c1-13-10-15(5-8-19-13)16(21)20(9-3-6-17)12-14-4-2-7-18-11-14/h2,4-5,7-8,10-11H,3,6,9,12,17H2,1H3. The molecule has 0 aromatic carbocycles. The summed E-state index contributed by atoms with van der Waals surface area (Å²) in [6.45, 7) is 3.61. The van der Waals surface area contributed by atoms with Crippen molar-refractivity contribution in [1.82, 2.24) is 14.9 Å². The summed E-state index contributed by atoms with van der Waals surface area (Å²) in [5, 5.41) is 0. The molecule has 21 heavy (non-hydrogen) atoms. The molecule has 2 rings (SSSR count). The zero-order valence-corrected chi connectivity index (χ0v) is 12.2. The minimum absolute atomic E-state index is 0.00203. The van der Waals surface area contributed by atoms with Crippen LogP contribution < -0.4 is 5.73 Å². The van der Waals surface area contributed by atoms with E-state index in [0.29, 0.717) is 25.2 Å². The summed E-state index contributed by atoms with van der Waals surface area (Å²) in [5.41, 5.74) is 8.07. The molecule has 0 aliphatic heterocycles. The molecule has 0 aliphatic carbocycles. The summed E-state index contributed by atoms with van der Waals surface area (Å²) in [7, 11) is 0. The molecule has 2 aromatic heterocycles. The molecule has 1 amide bonds. The van der Waals surface area contributed by atoms with Crippen LogP contribution in [0, 0.1) is 6.92 Å². The number of hydrogen-bond acceptors (Lipinski definition) is 4. The Morgan fingerprint density at radius 3 is 2.86 bits per heavy atom. The first kappa shape index (κ1) is 15.1. The van der Waals surface area contributed by atoms with Gasteiger partial charge in [-0.3, -0.25) is 14.8 Å². The summed E-state index contributed by atoms with van der Waals surface area (Å²) in [5.74, 6) is -0.00203. The molecule has 5 heteroatoms. The maximum absolute atomic E-state index is 12.6. The van der Waals surface area contributed by atoms with Crippen molar-refractivity contribution in [3.8, 4) is 0 Å². The lowest BCUT2D eigenvalue weighted by Gasteiger charge is -2.22. The third-order valence-electron chi connectivity index (χ3n) is 3.16. The number of nitrogens with two attached hydrogens (primary N) is 1. The van der Waals surface area contributed by atoms with Crippen molar-refractivity contribution in [2.45, 2.75) is 19.9 Å². The van der Waals surface area contributed by atoms with Crippen molar-refractivity contribution in [2.24, 2.45) is 5.73 Å². The lowest BCUT2D eigenvalue weighted by Crippen LogP contribution is -2.32. The Morgan fingerprint density at radius 1 is 1.33 bits per heavy atom. The van der Waals surface area contributed by atoms with E-state index in [-0.39, 0.29) is 5.91 Å². The van der Waals surface area contributed by atoms with Crippen LogP contribution in [-0.4, -0.2) is 33.9 Å². The van der Waals surface area contributed by atoms with Crippen LogP contribution in [0.5, 0.6) is 0 Å². The topological polar surface area (TPSA) is 72.1 Å². The summed E-state index contributed by atoms with van der Waals surface area (Å²) >= 11 is 0. The Morgan fingerprint density at radius 2 is 2.19 bits per heavy atom. The van der Waals surface area contributed by atoms with Crippen LogP contribution >= 0.6 is 0 Å². The van der Waals surface area contributed by atoms with E-state index in [1.807, 2.05) is 19.1 Å². The number of hydrogen-bond donors (Lipinski definition) is 1. The van der Waals surface area contributed by atoms with Gasteiger partial charge in [-0.15, -0.1) is 0 Å². The number of amides is 1. The molecule has 110 valence electrons. The van der Waals surface area contributed by atoms with E-state index in [0.717, 1.165) is 17.7 Å². The third-order valence-corrected chi connectivity index (χ3v) is 3.16.